The predicted octanol–water partition coefficient (Wildman–Crippen LogP) is 2.49. The van der Waals surface area contributed by atoms with E-state index in [1.807, 2.05) is 6.07 Å². The number of anilines is 1. The van der Waals surface area contributed by atoms with Crippen molar-refractivity contribution in [1.82, 2.24) is 9.80 Å². The average Bonchev–Trinajstić information content (AvgIpc) is 2.35. The average molecular weight is 261 g/mol. The maximum Gasteiger partial charge on any atom is 0.0346 e. The lowest BCUT2D eigenvalue weighted by atomic mass is 10.0. The van der Waals surface area contributed by atoms with Gasteiger partial charge in [0.1, 0.15) is 0 Å². The Kier molecular flexibility index (Phi) is 4.16. The second-order valence-electron chi connectivity index (χ2n) is 6.57. The molecule has 3 nitrogen and oxygen atoms in total. The maximum atomic E-state index is 5.98. The van der Waals surface area contributed by atoms with E-state index in [9.17, 15) is 0 Å². The second-order valence-corrected chi connectivity index (χ2v) is 6.57. The molecule has 1 aliphatic rings. The zero-order valence-corrected chi connectivity index (χ0v) is 12.7. The highest BCUT2D eigenvalue weighted by Gasteiger charge is 2.25. The third kappa shape index (κ3) is 3.48. The van der Waals surface area contributed by atoms with Gasteiger partial charge < -0.3 is 5.73 Å². The molecule has 0 atom stereocenters. The van der Waals surface area contributed by atoms with Gasteiger partial charge in [-0.3, -0.25) is 9.80 Å². The van der Waals surface area contributed by atoms with Crippen LogP contribution < -0.4 is 5.73 Å². The highest BCUT2D eigenvalue weighted by Crippen LogP contribution is 2.20. The van der Waals surface area contributed by atoms with E-state index in [0.717, 1.165) is 38.4 Å². The quantitative estimate of drug-likeness (QED) is 0.830. The first kappa shape index (κ1) is 14.4. The first-order valence-corrected chi connectivity index (χ1v) is 7.19. The number of hydrogen-bond acceptors (Lipinski definition) is 3. The van der Waals surface area contributed by atoms with E-state index in [1.165, 1.54) is 11.1 Å². The van der Waals surface area contributed by atoms with Crippen LogP contribution in [0.2, 0.25) is 0 Å². The molecule has 0 unspecified atom stereocenters. The van der Waals surface area contributed by atoms with Gasteiger partial charge >= 0.3 is 0 Å². The largest absolute Gasteiger partial charge is 0.399 e. The standard InChI is InChI=1S/C16H27N3/c1-13-14(6-5-7-15(13)17)12-18-8-10-19(11-9-18)16(2,3)4/h5-7H,8-12,17H2,1-4H3. The van der Waals surface area contributed by atoms with Crippen molar-refractivity contribution in [2.75, 3.05) is 31.9 Å². The molecule has 0 bridgehead atoms. The molecule has 2 N–H and O–H groups in total. The van der Waals surface area contributed by atoms with E-state index in [1.54, 1.807) is 0 Å². The number of piperazine rings is 1. The Labute approximate surface area is 117 Å². The minimum absolute atomic E-state index is 0.291. The molecule has 2 rings (SSSR count). The summed E-state index contributed by atoms with van der Waals surface area (Å²) >= 11 is 0. The molecular formula is C16H27N3. The van der Waals surface area contributed by atoms with Gasteiger partial charge in [0.15, 0.2) is 0 Å². The van der Waals surface area contributed by atoms with Crippen LogP contribution in [0.4, 0.5) is 5.69 Å². The zero-order chi connectivity index (χ0) is 14.0. The topological polar surface area (TPSA) is 32.5 Å². The lowest BCUT2D eigenvalue weighted by Crippen LogP contribution is -2.53. The summed E-state index contributed by atoms with van der Waals surface area (Å²) in [4.78, 5) is 5.10. The molecular weight excluding hydrogens is 234 g/mol. The van der Waals surface area contributed by atoms with Crippen molar-refractivity contribution < 1.29 is 0 Å². The van der Waals surface area contributed by atoms with Gasteiger partial charge in [0, 0.05) is 44.0 Å². The van der Waals surface area contributed by atoms with E-state index < -0.39 is 0 Å². The summed E-state index contributed by atoms with van der Waals surface area (Å²) < 4.78 is 0. The van der Waals surface area contributed by atoms with Gasteiger partial charge in [-0.2, -0.15) is 0 Å². The van der Waals surface area contributed by atoms with Gasteiger partial charge in [0.25, 0.3) is 0 Å². The molecule has 0 saturated carbocycles. The number of benzene rings is 1. The Morgan fingerprint density at radius 3 is 2.32 bits per heavy atom. The van der Waals surface area contributed by atoms with Crippen LogP contribution in [0.25, 0.3) is 0 Å². The molecule has 1 aromatic rings. The first-order valence-electron chi connectivity index (χ1n) is 7.19. The molecule has 0 radical (unpaired) electrons. The number of nitrogen functional groups attached to an aromatic ring is 1. The summed E-state index contributed by atoms with van der Waals surface area (Å²) in [6.45, 7) is 14.6. The van der Waals surface area contributed by atoms with Crippen LogP contribution in [0.1, 0.15) is 31.9 Å². The molecule has 1 aromatic carbocycles. The molecule has 19 heavy (non-hydrogen) atoms. The van der Waals surface area contributed by atoms with Gasteiger partial charge in [-0.15, -0.1) is 0 Å². The Balaban J connectivity index is 1.94. The number of rotatable bonds is 2. The van der Waals surface area contributed by atoms with E-state index >= 15 is 0 Å². The molecule has 1 aliphatic heterocycles. The minimum atomic E-state index is 0.291. The molecule has 0 aromatic heterocycles. The van der Waals surface area contributed by atoms with Crippen LogP contribution in [-0.2, 0) is 6.54 Å². The zero-order valence-electron chi connectivity index (χ0n) is 12.7. The minimum Gasteiger partial charge on any atom is -0.399 e. The van der Waals surface area contributed by atoms with E-state index in [4.69, 9.17) is 5.73 Å². The summed E-state index contributed by atoms with van der Waals surface area (Å²) in [5.74, 6) is 0. The Hall–Kier alpha value is -1.06. The number of hydrogen-bond donors (Lipinski definition) is 1. The van der Waals surface area contributed by atoms with Crippen molar-refractivity contribution in [2.45, 2.75) is 39.8 Å². The van der Waals surface area contributed by atoms with Crippen molar-refractivity contribution in [1.29, 1.82) is 0 Å². The highest BCUT2D eigenvalue weighted by molar-refractivity contribution is 5.49. The number of nitrogens with zero attached hydrogens (tertiary/aromatic N) is 2. The van der Waals surface area contributed by atoms with Crippen LogP contribution >= 0.6 is 0 Å². The van der Waals surface area contributed by atoms with Gasteiger partial charge in [0.2, 0.25) is 0 Å². The molecule has 0 spiro atoms. The van der Waals surface area contributed by atoms with Gasteiger partial charge in [-0.25, -0.2) is 0 Å². The molecule has 3 heteroatoms. The van der Waals surface area contributed by atoms with Crippen LogP contribution in [-0.4, -0.2) is 41.5 Å². The van der Waals surface area contributed by atoms with Crippen molar-refractivity contribution in [2.24, 2.45) is 0 Å². The monoisotopic (exact) mass is 261 g/mol. The maximum absolute atomic E-state index is 5.98. The SMILES string of the molecule is Cc1c(N)cccc1CN1CCN(C(C)(C)C)CC1. The van der Waals surface area contributed by atoms with E-state index in [2.05, 4.69) is 49.6 Å². The summed E-state index contributed by atoms with van der Waals surface area (Å²) in [7, 11) is 0. The van der Waals surface area contributed by atoms with E-state index in [0.29, 0.717) is 5.54 Å². The molecule has 0 amide bonds. The highest BCUT2D eigenvalue weighted by atomic mass is 15.3. The third-order valence-corrected chi connectivity index (χ3v) is 4.20. The fraction of sp³-hybridized carbons (Fsp3) is 0.625. The van der Waals surface area contributed by atoms with Crippen LogP contribution in [0.3, 0.4) is 0 Å². The number of nitrogens with two attached hydrogens (primary N) is 1. The Morgan fingerprint density at radius 2 is 1.74 bits per heavy atom. The molecule has 1 fully saturated rings. The fourth-order valence-corrected chi connectivity index (χ4v) is 2.69. The Bertz CT molecular complexity index is 426. The molecule has 1 saturated heterocycles. The van der Waals surface area contributed by atoms with Crippen LogP contribution in [0, 0.1) is 6.92 Å². The molecule has 1 heterocycles. The van der Waals surface area contributed by atoms with Gasteiger partial charge in [-0.1, -0.05) is 12.1 Å². The summed E-state index contributed by atoms with van der Waals surface area (Å²) in [5, 5.41) is 0. The van der Waals surface area contributed by atoms with Crippen molar-refractivity contribution >= 4 is 5.69 Å². The Morgan fingerprint density at radius 1 is 1.11 bits per heavy atom. The predicted molar refractivity (Wildman–Crippen MR) is 82.2 cm³/mol. The second kappa shape index (κ2) is 5.51. The lowest BCUT2D eigenvalue weighted by Gasteiger charge is -2.42. The molecule has 0 aliphatic carbocycles. The smallest absolute Gasteiger partial charge is 0.0346 e. The van der Waals surface area contributed by atoms with Crippen molar-refractivity contribution in [3.8, 4) is 0 Å². The van der Waals surface area contributed by atoms with E-state index in [-0.39, 0.29) is 0 Å². The summed E-state index contributed by atoms with van der Waals surface area (Å²) in [6.07, 6.45) is 0. The van der Waals surface area contributed by atoms with Crippen LogP contribution in [0.5, 0.6) is 0 Å². The normalized spacial score (nSPS) is 18.7. The van der Waals surface area contributed by atoms with Crippen molar-refractivity contribution in [3.63, 3.8) is 0 Å². The fourth-order valence-electron chi connectivity index (χ4n) is 2.69. The van der Waals surface area contributed by atoms with Gasteiger partial charge in [0.05, 0.1) is 0 Å². The summed E-state index contributed by atoms with van der Waals surface area (Å²) in [6, 6.07) is 6.24. The first-order chi connectivity index (χ1) is 8.88. The van der Waals surface area contributed by atoms with Crippen LogP contribution in [0.15, 0.2) is 18.2 Å². The molecule has 106 valence electrons. The van der Waals surface area contributed by atoms with Crippen molar-refractivity contribution in [3.05, 3.63) is 29.3 Å². The third-order valence-electron chi connectivity index (χ3n) is 4.20. The lowest BCUT2D eigenvalue weighted by molar-refractivity contribution is 0.0590. The summed E-state index contributed by atoms with van der Waals surface area (Å²) in [5.41, 5.74) is 9.78. The van der Waals surface area contributed by atoms with Gasteiger partial charge in [-0.05, 0) is 44.9 Å².